The molecule has 4 nitrogen and oxygen atoms in total. The normalized spacial score (nSPS) is 11.8. The molecule has 0 saturated heterocycles. The molecule has 0 fully saturated rings. The van der Waals surface area contributed by atoms with Gasteiger partial charge < -0.3 is 15.2 Å². The van der Waals surface area contributed by atoms with E-state index in [2.05, 4.69) is 21.2 Å². The summed E-state index contributed by atoms with van der Waals surface area (Å²) in [5.74, 6) is 0.313. The molecule has 0 spiro atoms. The first-order chi connectivity index (χ1) is 10.0. The van der Waals surface area contributed by atoms with Crippen molar-refractivity contribution < 1.29 is 14.6 Å². The molecule has 0 aromatic heterocycles. The van der Waals surface area contributed by atoms with Gasteiger partial charge in [-0.05, 0) is 42.8 Å². The van der Waals surface area contributed by atoms with Crippen LogP contribution in [0.2, 0.25) is 0 Å². The fourth-order valence-corrected chi connectivity index (χ4v) is 2.18. The zero-order valence-electron chi connectivity index (χ0n) is 11.5. The maximum absolute atomic E-state index is 11.8. The average molecular weight is 350 g/mol. The maximum Gasteiger partial charge on any atom is 0.262 e. The lowest BCUT2D eigenvalue weighted by molar-refractivity contribution is -0.118. The molecular weight excluding hydrogens is 334 g/mol. The van der Waals surface area contributed by atoms with Gasteiger partial charge in [0.1, 0.15) is 5.75 Å². The van der Waals surface area contributed by atoms with Crippen molar-refractivity contribution in [1.29, 1.82) is 0 Å². The molecule has 0 aliphatic rings. The van der Waals surface area contributed by atoms with E-state index in [4.69, 9.17) is 4.74 Å². The van der Waals surface area contributed by atoms with E-state index in [0.717, 1.165) is 10.0 Å². The lowest BCUT2D eigenvalue weighted by Crippen LogP contribution is -2.20. The van der Waals surface area contributed by atoms with Crippen molar-refractivity contribution in [3.05, 3.63) is 58.6 Å². The highest BCUT2D eigenvalue weighted by Crippen LogP contribution is 2.19. The highest BCUT2D eigenvalue weighted by molar-refractivity contribution is 9.10. The minimum absolute atomic E-state index is 0.0875. The molecule has 1 unspecified atom stereocenters. The van der Waals surface area contributed by atoms with Crippen LogP contribution >= 0.6 is 15.9 Å². The first kappa shape index (κ1) is 15.5. The van der Waals surface area contributed by atoms with E-state index < -0.39 is 6.10 Å². The van der Waals surface area contributed by atoms with Gasteiger partial charge in [-0.2, -0.15) is 0 Å². The number of anilines is 1. The predicted octanol–water partition coefficient (Wildman–Crippen LogP) is 3.52. The zero-order chi connectivity index (χ0) is 15.2. The molecule has 21 heavy (non-hydrogen) atoms. The van der Waals surface area contributed by atoms with E-state index in [1.807, 2.05) is 18.2 Å². The number of halogens is 1. The third kappa shape index (κ3) is 4.88. The second-order valence-corrected chi connectivity index (χ2v) is 5.51. The number of amides is 1. The van der Waals surface area contributed by atoms with Gasteiger partial charge in [0.15, 0.2) is 6.61 Å². The van der Waals surface area contributed by atoms with Crippen LogP contribution in [0.15, 0.2) is 53.0 Å². The molecular formula is C16H16BrNO3. The van der Waals surface area contributed by atoms with E-state index in [-0.39, 0.29) is 12.5 Å². The summed E-state index contributed by atoms with van der Waals surface area (Å²) in [5.41, 5.74) is 1.45. The van der Waals surface area contributed by atoms with E-state index in [0.29, 0.717) is 11.4 Å². The molecule has 0 heterocycles. The Morgan fingerprint density at radius 3 is 2.76 bits per heavy atom. The van der Waals surface area contributed by atoms with Crippen molar-refractivity contribution in [1.82, 2.24) is 0 Å². The van der Waals surface area contributed by atoms with Crippen molar-refractivity contribution in [3.63, 3.8) is 0 Å². The molecule has 1 atom stereocenters. The Morgan fingerprint density at radius 1 is 1.29 bits per heavy atom. The molecule has 0 aliphatic heterocycles. The predicted molar refractivity (Wildman–Crippen MR) is 85.3 cm³/mol. The molecule has 110 valence electrons. The van der Waals surface area contributed by atoms with E-state index >= 15 is 0 Å². The minimum Gasteiger partial charge on any atom is -0.484 e. The third-order valence-corrected chi connectivity index (χ3v) is 3.31. The van der Waals surface area contributed by atoms with Crippen LogP contribution in [0, 0.1) is 0 Å². The largest absolute Gasteiger partial charge is 0.484 e. The Balaban J connectivity index is 1.90. The van der Waals surface area contributed by atoms with Gasteiger partial charge in [-0.25, -0.2) is 0 Å². The Hall–Kier alpha value is -1.85. The summed E-state index contributed by atoms with van der Waals surface area (Å²) in [6.07, 6.45) is -0.566. The number of carbonyl (C=O) groups is 1. The van der Waals surface area contributed by atoms with Crippen LogP contribution in [0.3, 0.4) is 0 Å². The SMILES string of the molecule is CC(O)c1cccc(OCC(=O)Nc2cccc(Br)c2)c1. The second kappa shape index (κ2) is 7.24. The van der Waals surface area contributed by atoms with Gasteiger partial charge in [0.05, 0.1) is 6.10 Å². The summed E-state index contributed by atoms with van der Waals surface area (Å²) in [5, 5.41) is 12.3. The summed E-state index contributed by atoms with van der Waals surface area (Å²) in [4.78, 5) is 11.8. The molecule has 2 rings (SSSR count). The van der Waals surface area contributed by atoms with Crippen LogP contribution in [-0.4, -0.2) is 17.6 Å². The van der Waals surface area contributed by atoms with Crippen molar-refractivity contribution in [3.8, 4) is 5.75 Å². The number of ether oxygens (including phenoxy) is 1. The van der Waals surface area contributed by atoms with E-state index in [1.54, 1.807) is 37.3 Å². The summed E-state index contributed by atoms with van der Waals surface area (Å²) >= 11 is 3.34. The van der Waals surface area contributed by atoms with E-state index in [1.165, 1.54) is 0 Å². The van der Waals surface area contributed by atoms with Crippen LogP contribution in [0.5, 0.6) is 5.75 Å². The highest BCUT2D eigenvalue weighted by atomic mass is 79.9. The lowest BCUT2D eigenvalue weighted by Gasteiger charge is -2.10. The Labute approximate surface area is 131 Å². The number of benzene rings is 2. The minimum atomic E-state index is -0.566. The van der Waals surface area contributed by atoms with Crippen molar-refractivity contribution >= 4 is 27.5 Å². The second-order valence-electron chi connectivity index (χ2n) is 4.60. The smallest absolute Gasteiger partial charge is 0.262 e. The van der Waals surface area contributed by atoms with Crippen molar-refractivity contribution in [2.24, 2.45) is 0 Å². The van der Waals surface area contributed by atoms with Crippen molar-refractivity contribution in [2.75, 3.05) is 11.9 Å². The van der Waals surface area contributed by atoms with Crippen molar-refractivity contribution in [2.45, 2.75) is 13.0 Å². The van der Waals surface area contributed by atoms with Gasteiger partial charge in [0.25, 0.3) is 5.91 Å². The van der Waals surface area contributed by atoms with Crippen LogP contribution in [0.25, 0.3) is 0 Å². The monoisotopic (exact) mass is 349 g/mol. The zero-order valence-corrected chi connectivity index (χ0v) is 13.1. The Kier molecular flexibility index (Phi) is 5.36. The fraction of sp³-hybridized carbons (Fsp3) is 0.188. The van der Waals surface area contributed by atoms with Crippen LogP contribution in [0.4, 0.5) is 5.69 Å². The fourth-order valence-electron chi connectivity index (χ4n) is 1.78. The highest BCUT2D eigenvalue weighted by Gasteiger charge is 2.06. The summed E-state index contributed by atoms with van der Waals surface area (Å²) in [6, 6.07) is 14.4. The van der Waals surface area contributed by atoms with Gasteiger partial charge in [-0.15, -0.1) is 0 Å². The molecule has 0 aliphatic carbocycles. The molecule has 5 heteroatoms. The number of hydrogen-bond donors (Lipinski definition) is 2. The number of aliphatic hydroxyl groups excluding tert-OH is 1. The van der Waals surface area contributed by atoms with E-state index in [9.17, 15) is 9.90 Å². The lowest BCUT2D eigenvalue weighted by atomic mass is 10.1. The third-order valence-electron chi connectivity index (χ3n) is 2.82. The molecule has 0 saturated carbocycles. The number of carbonyl (C=O) groups excluding carboxylic acids is 1. The van der Waals surface area contributed by atoms with Crippen LogP contribution in [-0.2, 0) is 4.79 Å². The van der Waals surface area contributed by atoms with Gasteiger partial charge in [0.2, 0.25) is 0 Å². The number of hydrogen-bond acceptors (Lipinski definition) is 3. The number of nitrogens with one attached hydrogen (secondary N) is 1. The summed E-state index contributed by atoms with van der Waals surface area (Å²) < 4.78 is 6.32. The first-order valence-corrected chi connectivity index (χ1v) is 7.30. The van der Waals surface area contributed by atoms with Crippen LogP contribution < -0.4 is 10.1 Å². The molecule has 2 aromatic rings. The molecule has 0 bridgehead atoms. The summed E-state index contributed by atoms with van der Waals surface area (Å²) in [7, 11) is 0. The van der Waals surface area contributed by atoms with Gasteiger partial charge in [-0.1, -0.05) is 34.1 Å². The summed E-state index contributed by atoms with van der Waals surface area (Å²) in [6.45, 7) is 1.59. The first-order valence-electron chi connectivity index (χ1n) is 6.51. The van der Waals surface area contributed by atoms with Gasteiger partial charge in [0, 0.05) is 10.2 Å². The number of rotatable bonds is 5. The average Bonchev–Trinajstić information content (AvgIpc) is 2.45. The Morgan fingerprint density at radius 2 is 2.05 bits per heavy atom. The standard InChI is InChI=1S/C16H16BrNO3/c1-11(19)12-4-2-7-15(8-12)21-10-16(20)18-14-6-3-5-13(17)9-14/h2-9,11,19H,10H2,1H3,(H,18,20). The number of aliphatic hydroxyl groups is 1. The molecule has 1 amide bonds. The molecule has 0 radical (unpaired) electrons. The topological polar surface area (TPSA) is 58.6 Å². The molecule has 2 aromatic carbocycles. The quantitative estimate of drug-likeness (QED) is 0.868. The van der Waals surface area contributed by atoms with Crippen LogP contribution in [0.1, 0.15) is 18.6 Å². The Bertz CT molecular complexity index is 628. The maximum atomic E-state index is 11.8. The van der Waals surface area contributed by atoms with Gasteiger partial charge >= 0.3 is 0 Å². The molecule has 2 N–H and O–H groups in total. The van der Waals surface area contributed by atoms with Gasteiger partial charge in [-0.3, -0.25) is 4.79 Å².